The van der Waals surface area contributed by atoms with Crippen LogP contribution in [0.15, 0.2) is 18.2 Å². The summed E-state index contributed by atoms with van der Waals surface area (Å²) in [4.78, 5) is 11.8. The zero-order valence-corrected chi connectivity index (χ0v) is 10.4. The van der Waals surface area contributed by atoms with Crippen LogP contribution in [0, 0.1) is 18.3 Å². The second-order valence-corrected chi connectivity index (χ2v) is 3.89. The summed E-state index contributed by atoms with van der Waals surface area (Å²) in [6.45, 7) is 3.94. The molecule has 1 atom stereocenters. The van der Waals surface area contributed by atoms with Crippen LogP contribution in [0.25, 0.3) is 0 Å². The Hall–Kier alpha value is -1.57. The summed E-state index contributed by atoms with van der Waals surface area (Å²) >= 11 is 5.85. The number of carbonyl (C=O) groups excluding carboxylic acids is 1. The van der Waals surface area contributed by atoms with Crippen LogP contribution in [0.2, 0.25) is 5.02 Å². The van der Waals surface area contributed by atoms with Crippen molar-refractivity contribution < 1.29 is 9.53 Å². The van der Waals surface area contributed by atoms with Gasteiger partial charge in [0.25, 0.3) is 5.91 Å². The maximum Gasteiger partial charge on any atom is 0.254 e. The van der Waals surface area contributed by atoms with Gasteiger partial charge >= 0.3 is 0 Å². The number of nitrogens with zero attached hydrogens (tertiary/aromatic N) is 1. The van der Waals surface area contributed by atoms with Crippen LogP contribution in [0.1, 0.15) is 22.8 Å². The van der Waals surface area contributed by atoms with E-state index in [1.165, 1.54) is 0 Å². The van der Waals surface area contributed by atoms with Crippen molar-refractivity contribution in [1.82, 2.24) is 5.32 Å². The lowest BCUT2D eigenvalue weighted by molar-refractivity contribution is 0.0615. The molecular formula is C12H13ClN2O2. The normalized spacial score (nSPS) is 11.6. The fourth-order valence-corrected chi connectivity index (χ4v) is 1.64. The number of aryl methyl sites for hydroxylation is 1. The number of nitrogens with one attached hydrogen (secondary N) is 1. The Morgan fingerprint density at radius 1 is 1.59 bits per heavy atom. The van der Waals surface area contributed by atoms with Gasteiger partial charge in [-0.2, -0.15) is 5.26 Å². The molecule has 1 unspecified atom stereocenters. The van der Waals surface area contributed by atoms with E-state index in [1.54, 1.807) is 25.1 Å². The molecule has 0 aliphatic heterocycles. The van der Waals surface area contributed by atoms with E-state index in [0.29, 0.717) is 17.2 Å². The highest BCUT2D eigenvalue weighted by Gasteiger charge is 2.13. The Balaban J connectivity index is 2.79. The van der Waals surface area contributed by atoms with Crippen molar-refractivity contribution in [2.24, 2.45) is 0 Å². The Morgan fingerprint density at radius 3 is 2.82 bits per heavy atom. The lowest BCUT2D eigenvalue weighted by Gasteiger charge is -2.11. The van der Waals surface area contributed by atoms with Crippen LogP contribution in [0.5, 0.6) is 0 Å². The maximum atomic E-state index is 11.8. The summed E-state index contributed by atoms with van der Waals surface area (Å²) in [5.41, 5.74) is 1.29. The first kappa shape index (κ1) is 13.5. The summed E-state index contributed by atoms with van der Waals surface area (Å²) in [7, 11) is 0. The smallest absolute Gasteiger partial charge is 0.254 e. The molecule has 0 radical (unpaired) electrons. The van der Waals surface area contributed by atoms with Crippen molar-refractivity contribution >= 4 is 17.5 Å². The van der Waals surface area contributed by atoms with Gasteiger partial charge in [-0.05, 0) is 37.6 Å². The molecule has 1 amide bonds. The Kier molecular flexibility index (Phi) is 4.95. The predicted octanol–water partition coefficient (Wildman–Crippen LogP) is 2.26. The second-order valence-electron chi connectivity index (χ2n) is 3.46. The molecule has 17 heavy (non-hydrogen) atoms. The molecule has 0 aromatic heterocycles. The van der Waals surface area contributed by atoms with Crippen LogP contribution in [0.3, 0.4) is 0 Å². The van der Waals surface area contributed by atoms with Crippen molar-refractivity contribution in [3.8, 4) is 6.07 Å². The molecule has 1 aromatic rings. The van der Waals surface area contributed by atoms with Gasteiger partial charge in [-0.15, -0.1) is 0 Å². The third-order valence-corrected chi connectivity index (χ3v) is 2.24. The van der Waals surface area contributed by atoms with Crippen LogP contribution in [0.4, 0.5) is 0 Å². The topological polar surface area (TPSA) is 62.1 Å². The minimum Gasteiger partial charge on any atom is -0.346 e. The van der Waals surface area contributed by atoms with Crippen LogP contribution < -0.4 is 5.32 Å². The number of benzene rings is 1. The van der Waals surface area contributed by atoms with Crippen LogP contribution in [-0.4, -0.2) is 18.7 Å². The molecule has 0 saturated heterocycles. The number of ether oxygens (including phenoxy) is 1. The minimum atomic E-state index is -0.938. The fourth-order valence-electron chi connectivity index (χ4n) is 1.35. The average Bonchev–Trinajstić information content (AvgIpc) is 2.27. The lowest BCUT2D eigenvalue weighted by Crippen LogP contribution is -2.35. The first-order chi connectivity index (χ1) is 8.06. The van der Waals surface area contributed by atoms with E-state index in [1.807, 2.05) is 13.0 Å². The molecule has 1 N–H and O–H groups in total. The van der Waals surface area contributed by atoms with Gasteiger partial charge in [0.15, 0.2) is 0 Å². The second kappa shape index (κ2) is 6.24. The molecule has 0 spiro atoms. The van der Waals surface area contributed by atoms with E-state index >= 15 is 0 Å². The molecule has 0 heterocycles. The number of halogens is 1. The van der Waals surface area contributed by atoms with Gasteiger partial charge < -0.3 is 10.1 Å². The first-order valence-electron chi connectivity index (χ1n) is 5.16. The summed E-state index contributed by atoms with van der Waals surface area (Å²) in [6.07, 6.45) is -0.938. The first-order valence-corrected chi connectivity index (χ1v) is 5.54. The number of nitriles is 1. The van der Waals surface area contributed by atoms with Crippen molar-refractivity contribution in [3.05, 3.63) is 34.3 Å². The molecule has 0 aliphatic carbocycles. The molecule has 1 aromatic carbocycles. The van der Waals surface area contributed by atoms with E-state index in [9.17, 15) is 4.79 Å². The van der Waals surface area contributed by atoms with Gasteiger partial charge in [-0.25, -0.2) is 0 Å². The maximum absolute atomic E-state index is 11.8. The van der Waals surface area contributed by atoms with Crippen LogP contribution >= 0.6 is 11.6 Å². The SMILES string of the molecule is CCOC(C#N)NC(=O)c1cc(C)cc(Cl)c1. The lowest BCUT2D eigenvalue weighted by atomic mass is 10.1. The van der Waals surface area contributed by atoms with Crippen LogP contribution in [-0.2, 0) is 4.74 Å². The molecule has 5 heteroatoms. The van der Waals surface area contributed by atoms with E-state index in [2.05, 4.69) is 5.32 Å². The van der Waals surface area contributed by atoms with E-state index in [4.69, 9.17) is 21.6 Å². The van der Waals surface area contributed by atoms with Crippen molar-refractivity contribution in [3.63, 3.8) is 0 Å². The summed E-state index contributed by atoms with van der Waals surface area (Å²) in [5.74, 6) is -0.379. The average molecular weight is 253 g/mol. The highest BCUT2D eigenvalue weighted by molar-refractivity contribution is 6.31. The standard InChI is InChI=1S/C12H13ClN2O2/c1-3-17-11(7-14)15-12(16)9-4-8(2)5-10(13)6-9/h4-6,11H,3H2,1-2H3,(H,15,16). The van der Waals surface area contributed by atoms with Gasteiger partial charge in [0, 0.05) is 17.2 Å². The Bertz CT molecular complexity index is 434. The number of carbonyl (C=O) groups is 1. The quantitative estimate of drug-likeness (QED) is 0.836. The van der Waals surface area contributed by atoms with Gasteiger partial charge in [0.05, 0.1) is 0 Å². The van der Waals surface area contributed by atoms with E-state index < -0.39 is 6.23 Å². The van der Waals surface area contributed by atoms with E-state index in [0.717, 1.165) is 5.56 Å². The highest BCUT2D eigenvalue weighted by Crippen LogP contribution is 2.14. The van der Waals surface area contributed by atoms with Gasteiger partial charge in [-0.1, -0.05) is 11.6 Å². The molecule has 0 fully saturated rings. The summed E-state index contributed by atoms with van der Waals surface area (Å²) < 4.78 is 5.02. The highest BCUT2D eigenvalue weighted by atomic mass is 35.5. The third-order valence-electron chi connectivity index (χ3n) is 2.02. The predicted molar refractivity (Wildman–Crippen MR) is 64.7 cm³/mol. The van der Waals surface area contributed by atoms with E-state index in [-0.39, 0.29) is 5.91 Å². The zero-order valence-electron chi connectivity index (χ0n) is 9.66. The van der Waals surface area contributed by atoms with Gasteiger partial charge in [-0.3, -0.25) is 4.79 Å². The van der Waals surface area contributed by atoms with Crippen molar-refractivity contribution in [2.45, 2.75) is 20.1 Å². The zero-order chi connectivity index (χ0) is 12.8. The van der Waals surface area contributed by atoms with Crippen molar-refractivity contribution in [1.29, 1.82) is 5.26 Å². The molecular weight excluding hydrogens is 240 g/mol. The van der Waals surface area contributed by atoms with Crippen molar-refractivity contribution in [2.75, 3.05) is 6.61 Å². The summed E-state index contributed by atoms with van der Waals surface area (Å²) in [6, 6.07) is 6.84. The Morgan fingerprint density at radius 2 is 2.29 bits per heavy atom. The minimum absolute atomic E-state index is 0.354. The fraction of sp³-hybridized carbons (Fsp3) is 0.333. The number of amides is 1. The number of hydrogen-bond acceptors (Lipinski definition) is 3. The van der Waals surface area contributed by atoms with Gasteiger partial charge in [0.1, 0.15) is 6.07 Å². The summed E-state index contributed by atoms with van der Waals surface area (Å²) in [5, 5.41) is 11.7. The molecule has 0 aliphatic rings. The number of rotatable bonds is 4. The monoisotopic (exact) mass is 252 g/mol. The third kappa shape index (κ3) is 4.06. The largest absolute Gasteiger partial charge is 0.346 e. The molecule has 0 saturated carbocycles. The van der Waals surface area contributed by atoms with Gasteiger partial charge in [0.2, 0.25) is 6.23 Å². The molecule has 4 nitrogen and oxygen atoms in total. The Labute approximate surface area is 105 Å². The molecule has 1 rings (SSSR count). The molecule has 0 bridgehead atoms. The molecule has 90 valence electrons. The number of hydrogen-bond donors (Lipinski definition) is 1.